The lowest BCUT2D eigenvalue weighted by Gasteiger charge is -2.09. The third-order valence-electron chi connectivity index (χ3n) is 1.02. The lowest BCUT2D eigenvalue weighted by molar-refractivity contribution is -0.276. The molecule has 0 N–H and O–H groups in total. The van der Waals surface area contributed by atoms with Crippen LogP contribution in [0.1, 0.15) is 0 Å². The Balaban J connectivity index is 2.96. The molecule has 0 fully saturated rings. The first kappa shape index (κ1) is 11.0. The predicted molar refractivity (Wildman–Crippen MR) is 51.3 cm³/mol. The van der Waals surface area contributed by atoms with E-state index in [9.17, 15) is 13.2 Å². The highest BCUT2D eigenvalue weighted by Crippen LogP contribution is 2.29. The van der Waals surface area contributed by atoms with Gasteiger partial charge in [0.15, 0.2) is 0 Å². The fourth-order valence-corrected chi connectivity index (χ4v) is 1.30. The monoisotopic (exact) mass is 367 g/mol. The molecule has 0 spiro atoms. The highest BCUT2D eigenvalue weighted by Gasteiger charge is 2.32. The van der Waals surface area contributed by atoms with Gasteiger partial charge in [-0.1, -0.05) is 0 Å². The highest BCUT2D eigenvalue weighted by atomic mass is 127. The third kappa shape index (κ3) is 3.29. The normalized spacial score (nSPS) is 11.5. The number of ether oxygens (including phenoxy) is 1. The average molecular weight is 368 g/mol. The summed E-state index contributed by atoms with van der Waals surface area (Å²) < 4.78 is 39.8. The van der Waals surface area contributed by atoms with Crippen LogP contribution in [-0.2, 0) is 0 Å². The zero-order chi connectivity index (χ0) is 10.1. The number of aromatic nitrogens is 1. The van der Waals surface area contributed by atoms with E-state index in [0.29, 0.717) is 4.47 Å². The van der Waals surface area contributed by atoms with Crippen LogP contribution in [-0.4, -0.2) is 11.3 Å². The fraction of sp³-hybridized carbons (Fsp3) is 0.167. The minimum absolute atomic E-state index is 0.289. The zero-order valence-corrected chi connectivity index (χ0v) is 9.64. The summed E-state index contributed by atoms with van der Waals surface area (Å²) in [7, 11) is 0. The van der Waals surface area contributed by atoms with Crippen molar-refractivity contribution in [1.82, 2.24) is 4.98 Å². The van der Waals surface area contributed by atoms with Crippen molar-refractivity contribution in [2.75, 3.05) is 0 Å². The molecule has 0 radical (unpaired) electrons. The summed E-state index contributed by atoms with van der Waals surface area (Å²) in [5.41, 5.74) is 0. The lowest BCUT2D eigenvalue weighted by atomic mass is 10.5. The van der Waals surface area contributed by atoms with Gasteiger partial charge in [0.25, 0.3) is 0 Å². The number of nitrogens with zero attached hydrogens (tertiary/aromatic N) is 1. The summed E-state index contributed by atoms with van der Waals surface area (Å²) in [6.45, 7) is 0. The second kappa shape index (κ2) is 3.99. The minimum atomic E-state index is -4.70. The van der Waals surface area contributed by atoms with Gasteiger partial charge in [0.2, 0.25) is 5.88 Å². The molecular weight excluding hydrogens is 366 g/mol. The number of hydrogen-bond acceptors (Lipinski definition) is 2. The number of hydrogen-bond donors (Lipinski definition) is 0. The first-order chi connectivity index (χ1) is 5.90. The standard InChI is InChI=1S/C6H2BrF3INO/c7-3-1-2-12-5(4(3)11)13-6(8,9)10/h1-2H. The highest BCUT2D eigenvalue weighted by molar-refractivity contribution is 14.1. The Hall–Kier alpha value is -0.0500. The van der Waals surface area contributed by atoms with E-state index in [1.54, 1.807) is 22.6 Å². The predicted octanol–water partition coefficient (Wildman–Crippen LogP) is 3.35. The molecule has 0 unspecified atom stereocenters. The van der Waals surface area contributed by atoms with Crippen molar-refractivity contribution < 1.29 is 17.9 Å². The van der Waals surface area contributed by atoms with Gasteiger partial charge in [-0.05, 0) is 44.6 Å². The van der Waals surface area contributed by atoms with Crippen molar-refractivity contribution in [2.45, 2.75) is 6.36 Å². The largest absolute Gasteiger partial charge is 0.574 e. The molecule has 0 bridgehead atoms. The number of halogens is 5. The summed E-state index contributed by atoms with van der Waals surface area (Å²) in [6, 6.07) is 1.53. The molecule has 0 atom stereocenters. The van der Waals surface area contributed by atoms with Crippen molar-refractivity contribution in [3.63, 3.8) is 0 Å². The number of alkyl halides is 3. The van der Waals surface area contributed by atoms with Gasteiger partial charge in [-0.25, -0.2) is 4.98 Å². The molecule has 1 aromatic heterocycles. The molecule has 7 heteroatoms. The van der Waals surface area contributed by atoms with Crippen LogP contribution >= 0.6 is 38.5 Å². The third-order valence-corrected chi connectivity index (χ3v) is 3.47. The molecule has 0 amide bonds. The summed E-state index contributed by atoms with van der Waals surface area (Å²) in [6.07, 6.45) is -3.47. The summed E-state index contributed by atoms with van der Waals surface area (Å²) in [4.78, 5) is 3.44. The second-order valence-electron chi connectivity index (χ2n) is 1.96. The Morgan fingerprint density at radius 1 is 1.46 bits per heavy atom. The summed E-state index contributed by atoms with van der Waals surface area (Å²) in [5.74, 6) is -0.442. The molecule has 0 aliphatic heterocycles. The number of rotatable bonds is 1. The molecule has 1 rings (SSSR count). The van der Waals surface area contributed by atoms with E-state index in [0.717, 1.165) is 0 Å². The van der Waals surface area contributed by atoms with Crippen LogP contribution in [0.2, 0.25) is 0 Å². The molecule has 13 heavy (non-hydrogen) atoms. The van der Waals surface area contributed by atoms with Crippen LogP contribution in [0, 0.1) is 3.57 Å². The molecule has 1 aromatic rings. The molecule has 0 aromatic carbocycles. The number of pyridine rings is 1. The molecule has 0 saturated carbocycles. The second-order valence-corrected chi connectivity index (χ2v) is 3.89. The van der Waals surface area contributed by atoms with Crippen LogP contribution in [0.15, 0.2) is 16.7 Å². The van der Waals surface area contributed by atoms with Crippen LogP contribution < -0.4 is 4.74 Å². The van der Waals surface area contributed by atoms with Gasteiger partial charge < -0.3 is 4.74 Å². The van der Waals surface area contributed by atoms with Crippen LogP contribution in [0.3, 0.4) is 0 Å². The van der Waals surface area contributed by atoms with Gasteiger partial charge in [0, 0.05) is 10.7 Å². The van der Waals surface area contributed by atoms with Gasteiger partial charge in [0.05, 0.1) is 3.57 Å². The van der Waals surface area contributed by atoms with Crippen molar-refractivity contribution in [1.29, 1.82) is 0 Å². The van der Waals surface area contributed by atoms with Crippen LogP contribution in [0.5, 0.6) is 5.88 Å². The van der Waals surface area contributed by atoms with E-state index in [-0.39, 0.29) is 3.57 Å². The zero-order valence-electron chi connectivity index (χ0n) is 5.90. The summed E-state index contributed by atoms with van der Waals surface area (Å²) in [5, 5.41) is 0. The molecule has 0 aliphatic rings. The first-order valence-corrected chi connectivity index (χ1v) is 4.83. The molecule has 72 valence electrons. The Bertz CT molecular complexity index is 317. The molecule has 2 nitrogen and oxygen atoms in total. The average Bonchev–Trinajstić information content (AvgIpc) is 1.96. The van der Waals surface area contributed by atoms with Crippen molar-refractivity contribution >= 4 is 38.5 Å². The quantitative estimate of drug-likeness (QED) is 0.710. The van der Waals surface area contributed by atoms with Crippen LogP contribution in [0.4, 0.5) is 13.2 Å². The van der Waals surface area contributed by atoms with Crippen LogP contribution in [0.25, 0.3) is 0 Å². The molecular formula is C6H2BrF3INO. The Morgan fingerprint density at radius 3 is 2.62 bits per heavy atom. The van der Waals surface area contributed by atoms with Gasteiger partial charge in [-0.15, -0.1) is 13.2 Å². The van der Waals surface area contributed by atoms with E-state index in [2.05, 4.69) is 25.7 Å². The maximum absolute atomic E-state index is 11.8. The van der Waals surface area contributed by atoms with Gasteiger partial charge in [-0.3, -0.25) is 0 Å². The maximum Gasteiger partial charge on any atom is 0.574 e. The van der Waals surface area contributed by atoms with E-state index in [1.165, 1.54) is 12.3 Å². The molecule has 1 heterocycles. The van der Waals surface area contributed by atoms with Crippen molar-refractivity contribution in [3.05, 3.63) is 20.3 Å². The molecule has 0 aliphatic carbocycles. The topological polar surface area (TPSA) is 22.1 Å². The smallest absolute Gasteiger partial charge is 0.387 e. The first-order valence-electron chi connectivity index (χ1n) is 2.96. The Morgan fingerprint density at radius 2 is 2.08 bits per heavy atom. The van der Waals surface area contributed by atoms with E-state index >= 15 is 0 Å². The minimum Gasteiger partial charge on any atom is -0.387 e. The van der Waals surface area contributed by atoms with E-state index in [4.69, 9.17) is 0 Å². The van der Waals surface area contributed by atoms with Crippen molar-refractivity contribution in [2.24, 2.45) is 0 Å². The van der Waals surface area contributed by atoms with Crippen molar-refractivity contribution in [3.8, 4) is 5.88 Å². The maximum atomic E-state index is 11.8. The fourth-order valence-electron chi connectivity index (χ4n) is 0.583. The Kier molecular flexibility index (Phi) is 3.38. The summed E-state index contributed by atoms with van der Waals surface area (Å²) >= 11 is 4.77. The van der Waals surface area contributed by atoms with Gasteiger partial charge in [0.1, 0.15) is 0 Å². The van der Waals surface area contributed by atoms with Gasteiger partial charge in [-0.2, -0.15) is 0 Å². The molecule has 0 saturated heterocycles. The van der Waals surface area contributed by atoms with Gasteiger partial charge >= 0.3 is 6.36 Å². The lowest BCUT2D eigenvalue weighted by Crippen LogP contribution is -2.18. The SMILES string of the molecule is FC(F)(F)Oc1nccc(Br)c1I. The van der Waals surface area contributed by atoms with E-state index < -0.39 is 12.2 Å². The van der Waals surface area contributed by atoms with E-state index in [1.807, 2.05) is 0 Å². The Labute approximate surface area is 93.8 Å².